The molecule has 0 saturated carbocycles. The largest absolute Gasteiger partial charge is 0.435 e. The molecular formula is C21H15ClF7N3O. The number of carbonyl (C=O) groups excluding carboxylic acids is 1. The fraction of sp³-hybridized carbons (Fsp3) is 0.238. The Labute approximate surface area is 187 Å². The quantitative estimate of drug-likeness (QED) is 0.440. The third-order valence-corrected chi connectivity index (χ3v) is 5.38. The van der Waals surface area contributed by atoms with Gasteiger partial charge in [0.15, 0.2) is 0 Å². The highest BCUT2D eigenvalue weighted by Gasteiger charge is 2.73. The van der Waals surface area contributed by atoms with Crippen molar-refractivity contribution in [1.82, 2.24) is 9.78 Å². The molecule has 12 heteroatoms. The summed E-state index contributed by atoms with van der Waals surface area (Å²) in [5.41, 5.74) is -0.790. The highest BCUT2D eigenvalue weighted by molar-refractivity contribution is 6.33. The van der Waals surface area contributed by atoms with Gasteiger partial charge >= 0.3 is 18.0 Å². The number of rotatable bonds is 4. The Bertz CT molecular complexity index is 1190. The molecule has 3 rings (SSSR count). The molecule has 1 aromatic heterocycles. The number of carbonyl (C=O) groups is 1. The summed E-state index contributed by atoms with van der Waals surface area (Å²) in [6.45, 7) is 2.49. The van der Waals surface area contributed by atoms with Crippen LogP contribution in [-0.2, 0) is 5.67 Å². The molecule has 1 amide bonds. The van der Waals surface area contributed by atoms with Crippen LogP contribution in [0.3, 0.4) is 0 Å². The maximum atomic E-state index is 14.5. The Kier molecular flexibility index (Phi) is 5.99. The first-order valence-corrected chi connectivity index (χ1v) is 9.54. The minimum atomic E-state index is -6.21. The summed E-state index contributed by atoms with van der Waals surface area (Å²) in [6, 6.07) is 5.42. The van der Waals surface area contributed by atoms with Gasteiger partial charge in [-0.2, -0.15) is 31.4 Å². The van der Waals surface area contributed by atoms with Gasteiger partial charge in [-0.1, -0.05) is 29.8 Å². The number of halogens is 8. The van der Waals surface area contributed by atoms with Gasteiger partial charge in [0.2, 0.25) is 5.91 Å². The van der Waals surface area contributed by atoms with Gasteiger partial charge in [0.05, 0.1) is 22.5 Å². The zero-order valence-corrected chi connectivity index (χ0v) is 17.7. The van der Waals surface area contributed by atoms with E-state index >= 15 is 0 Å². The number of alkyl halides is 7. The molecule has 1 heterocycles. The van der Waals surface area contributed by atoms with Crippen LogP contribution in [0.15, 0.2) is 42.7 Å². The highest BCUT2D eigenvalue weighted by Crippen LogP contribution is 2.53. The average Bonchev–Trinajstić information content (AvgIpc) is 3.14. The molecule has 176 valence electrons. The first-order valence-electron chi connectivity index (χ1n) is 9.16. The second-order valence-corrected chi connectivity index (χ2v) is 7.75. The van der Waals surface area contributed by atoms with E-state index in [0.29, 0.717) is 23.3 Å². The lowest BCUT2D eigenvalue weighted by Gasteiger charge is -2.31. The third-order valence-electron chi connectivity index (χ3n) is 5.05. The smallest absolute Gasteiger partial charge is 0.366 e. The molecule has 0 saturated heterocycles. The molecular weight excluding hydrogens is 479 g/mol. The molecule has 2 aromatic carbocycles. The van der Waals surface area contributed by atoms with E-state index in [1.165, 1.54) is 43.1 Å². The van der Waals surface area contributed by atoms with E-state index in [0.717, 1.165) is 0 Å². The minimum absolute atomic E-state index is 0.0530. The van der Waals surface area contributed by atoms with Crippen molar-refractivity contribution in [1.29, 1.82) is 0 Å². The molecule has 0 spiro atoms. The number of hydrogen-bond donors (Lipinski definition) is 1. The van der Waals surface area contributed by atoms with Gasteiger partial charge in [-0.05, 0) is 42.7 Å². The van der Waals surface area contributed by atoms with Crippen molar-refractivity contribution < 1.29 is 35.5 Å². The minimum Gasteiger partial charge on any atom is -0.366 e. The number of aryl methyl sites for hydroxylation is 2. The van der Waals surface area contributed by atoms with Crippen molar-refractivity contribution in [3.8, 4) is 16.8 Å². The summed E-state index contributed by atoms with van der Waals surface area (Å²) in [5, 5.41) is 4.23. The van der Waals surface area contributed by atoms with Gasteiger partial charge in [-0.15, -0.1) is 0 Å². The molecule has 3 aromatic rings. The van der Waals surface area contributed by atoms with Crippen molar-refractivity contribution in [3.05, 3.63) is 70.0 Å². The van der Waals surface area contributed by atoms with Crippen molar-refractivity contribution in [2.45, 2.75) is 31.9 Å². The summed E-state index contributed by atoms with van der Waals surface area (Å²) >= 11 is 5.92. The molecule has 0 bridgehead atoms. The topological polar surface area (TPSA) is 60.9 Å². The summed E-state index contributed by atoms with van der Waals surface area (Å²) in [5.74, 6) is -0.763. The molecule has 0 atom stereocenters. The molecule has 2 N–H and O–H groups in total. The molecule has 0 aliphatic heterocycles. The molecule has 0 aliphatic carbocycles. The monoisotopic (exact) mass is 493 g/mol. The van der Waals surface area contributed by atoms with Gasteiger partial charge < -0.3 is 5.73 Å². The predicted molar refractivity (Wildman–Crippen MR) is 107 cm³/mol. The molecule has 4 nitrogen and oxygen atoms in total. The van der Waals surface area contributed by atoms with Crippen molar-refractivity contribution in [3.63, 3.8) is 0 Å². The standard InChI is InChI=1S/C21H15ClF7N3O/c1-10-5-14(19(23,20(24,25)26)21(27,28)29)6-11(2)17(10)32-9-13(8-31-32)12-3-4-16(22)15(7-12)18(30)33/h3-9H,1-2H3,(H2,30,33). The number of nitrogens with zero attached hydrogens (tertiary/aromatic N) is 2. The van der Waals surface area contributed by atoms with Crippen molar-refractivity contribution >= 4 is 17.5 Å². The molecule has 0 fully saturated rings. The maximum Gasteiger partial charge on any atom is 0.435 e. The second kappa shape index (κ2) is 8.05. The lowest BCUT2D eigenvalue weighted by atomic mass is 9.90. The lowest BCUT2D eigenvalue weighted by Crippen LogP contribution is -2.50. The zero-order chi connectivity index (χ0) is 24.9. The fourth-order valence-electron chi connectivity index (χ4n) is 3.49. The van der Waals surface area contributed by atoms with Gasteiger partial charge in [0.1, 0.15) is 0 Å². The van der Waals surface area contributed by atoms with Crippen LogP contribution in [-0.4, -0.2) is 28.0 Å². The Morgan fingerprint density at radius 2 is 1.48 bits per heavy atom. The number of amides is 1. The highest BCUT2D eigenvalue weighted by atomic mass is 35.5. The van der Waals surface area contributed by atoms with Gasteiger partial charge in [-0.3, -0.25) is 4.79 Å². The van der Waals surface area contributed by atoms with Crippen molar-refractivity contribution in [2.24, 2.45) is 5.73 Å². The second-order valence-electron chi connectivity index (χ2n) is 7.35. The Morgan fingerprint density at radius 3 is 1.97 bits per heavy atom. The van der Waals surface area contributed by atoms with E-state index in [1.807, 2.05) is 0 Å². The number of aromatic nitrogens is 2. The molecule has 0 aliphatic rings. The Morgan fingerprint density at radius 1 is 0.939 bits per heavy atom. The van der Waals surface area contributed by atoms with Crippen LogP contribution in [0.4, 0.5) is 30.7 Å². The summed E-state index contributed by atoms with van der Waals surface area (Å²) in [6.07, 6.45) is -9.61. The van der Waals surface area contributed by atoms with Gasteiger partial charge in [0.25, 0.3) is 0 Å². The average molecular weight is 494 g/mol. The Balaban J connectivity index is 2.10. The van der Waals surface area contributed by atoms with Crippen LogP contribution in [0, 0.1) is 13.8 Å². The number of nitrogens with two attached hydrogens (primary N) is 1. The van der Waals surface area contributed by atoms with Crippen LogP contribution in [0.2, 0.25) is 5.02 Å². The summed E-state index contributed by atoms with van der Waals surface area (Å²) in [7, 11) is 0. The molecule has 33 heavy (non-hydrogen) atoms. The molecule has 0 unspecified atom stereocenters. The summed E-state index contributed by atoms with van der Waals surface area (Å²) < 4.78 is 94.5. The van der Waals surface area contributed by atoms with E-state index in [4.69, 9.17) is 17.3 Å². The number of primary amides is 1. The van der Waals surface area contributed by atoms with E-state index in [9.17, 15) is 35.5 Å². The van der Waals surface area contributed by atoms with E-state index < -0.39 is 29.5 Å². The van der Waals surface area contributed by atoms with Crippen LogP contribution in [0.25, 0.3) is 16.8 Å². The molecule has 0 radical (unpaired) electrons. The van der Waals surface area contributed by atoms with E-state index in [2.05, 4.69) is 5.10 Å². The zero-order valence-electron chi connectivity index (χ0n) is 16.9. The summed E-state index contributed by atoms with van der Waals surface area (Å²) in [4.78, 5) is 11.5. The van der Waals surface area contributed by atoms with E-state index in [1.54, 1.807) is 6.07 Å². The van der Waals surface area contributed by atoms with Crippen LogP contribution < -0.4 is 5.73 Å². The van der Waals surface area contributed by atoms with Gasteiger partial charge in [-0.25, -0.2) is 9.07 Å². The number of hydrogen-bond acceptors (Lipinski definition) is 2. The van der Waals surface area contributed by atoms with E-state index in [-0.39, 0.29) is 27.4 Å². The first-order chi connectivity index (χ1) is 15.1. The number of benzene rings is 2. The van der Waals surface area contributed by atoms with Crippen LogP contribution in [0.1, 0.15) is 27.0 Å². The van der Waals surface area contributed by atoms with Gasteiger partial charge in [0, 0.05) is 17.3 Å². The lowest BCUT2D eigenvalue weighted by molar-refractivity contribution is -0.348. The SMILES string of the molecule is Cc1cc(C(F)(C(F)(F)F)C(F)(F)F)cc(C)c1-n1cc(-c2ccc(Cl)c(C(N)=O)c2)cn1. The van der Waals surface area contributed by atoms with Crippen molar-refractivity contribution in [2.75, 3.05) is 0 Å². The third kappa shape index (κ3) is 4.17. The predicted octanol–water partition coefficient (Wildman–Crippen LogP) is 6.20. The fourth-order valence-corrected chi connectivity index (χ4v) is 3.70. The first kappa shape index (κ1) is 24.6. The normalized spacial score (nSPS) is 12.8. The van der Waals surface area contributed by atoms with Crippen LogP contribution >= 0.6 is 11.6 Å². The Hall–Kier alpha value is -3.08. The van der Waals surface area contributed by atoms with Crippen LogP contribution in [0.5, 0.6) is 0 Å². The maximum absolute atomic E-state index is 14.5.